The van der Waals surface area contributed by atoms with Crippen molar-refractivity contribution in [1.82, 2.24) is 4.98 Å². The number of rotatable bonds is 3. The van der Waals surface area contributed by atoms with Crippen LogP contribution in [0.25, 0.3) is 0 Å². The first kappa shape index (κ1) is 9.95. The maximum Gasteiger partial charge on any atom is 0.253 e. The molecule has 0 spiro atoms. The number of H-pyrrole nitrogens is 1. The third-order valence-corrected chi connectivity index (χ3v) is 2.04. The number of pyridine rings is 1. The summed E-state index contributed by atoms with van der Waals surface area (Å²) in [7, 11) is 0. The van der Waals surface area contributed by atoms with Crippen LogP contribution < -0.4 is 11.3 Å². The Kier molecular flexibility index (Phi) is 3.22. The summed E-state index contributed by atoms with van der Waals surface area (Å²) in [6, 6.07) is 2.87. The molecule has 2 atom stereocenters. The molecular weight excluding hydrogens is 168 g/mol. The van der Waals surface area contributed by atoms with Gasteiger partial charge in [-0.15, -0.1) is 0 Å². The Balaban J connectivity index is 2.95. The molecule has 72 valence electrons. The van der Waals surface area contributed by atoms with Gasteiger partial charge in [-0.2, -0.15) is 0 Å². The zero-order valence-corrected chi connectivity index (χ0v) is 7.53. The predicted molar refractivity (Wildman–Crippen MR) is 50.3 cm³/mol. The van der Waals surface area contributed by atoms with Crippen LogP contribution in [0.4, 0.5) is 0 Å². The van der Waals surface area contributed by atoms with E-state index in [2.05, 4.69) is 4.98 Å². The van der Waals surface area contributed by atoms with Crippen LogP contribution in [0.5, 0.6) is 0 Å². The van der Waals surface area contributed by atoms with Crippen LogP contribution in [0.15, 0.2) is 23.1 Å². The SMILES string of the molecule is CCC(N)C(O)c1ccc[nH]c1=O. The van der Waals surface area contributed by atoms with Gasteiger partial charge in [-0.25, -0.2) is 0 Å². The minimum Gasteiger partial charge on any atom is -0.387 e. The van der Waals surface area contributed by atoms with Crippen molar-refractivity contribution < 1.29 is 5.11 Å². The number of aromatic nitrogens is 1. The van der Waals surface area contributed by atoms with Crippen molar-refractivity contribution >= 4 is 0 Å². The molecule has 4 N–H and O–H groups in total. The standard InChI is InChI=1S/C9H14N2O2/c1-2-7(10)8(12)6-4-3-5-11-9(6)13/h3-5,7-8,12H,2,10H2,1H3,(H,11,13). The second kappa shape index (κ2) is 4.20. The van der Waals surface area contributed by atoms with Crippen LogP contribution in [0.1, 0.15) is 25.0 Å². The Bertz CT molecular complexity index is 321. The van der Waals surface area contributed by atoms with Gasteiger partial charge in [0.05, 0.1) is 6.10 Å². The summed E-state index contributed by atoms with van der Waals surface area (Å²) in [6.07, 6.45) is 1.28. The average Bonchev–Trinajstić information content (AvgIpc) is 2.16. The highest BCUT2D eigenvalue weighted by molar-refractivity contribution is 5.13. The number of nitrogens with one attached hydrogen (secondary N) is 1. The lowest BCUT2D eigenvalue weighted by Gasteiger charge is -2.15. The zero-order valence-electron chi connectivity index (χ0n) is 7.53. The summed E-state index contributed by atoms with van der Waals surface area (Å²) >= 11 is 0. The van der Waals surface area contributed by atoms with Crippen molar-refractivity contribution in [2.24, 2.45) is 5.73 Å². The third-order valence-electron chi connectivity index (χ3n) is 2.04. The van der Waals surface area contributed by atoms with Crippen LogP contribution in [0.3, 0.4) is 0 Å². The molecule has 13 heavy (non-hydrogen) atoms. The molecule has 0 fully saturated rings. The van der Waals surface area contributed by atoms with Gasteiger partial charge in [-0.1, -0.05) is 6.92 Å². The lowest BCUT2D eigenvalue weighted by Crippen LogP contribution is -2.31. The Labute approximate surface area is 76.4 Å². The molecule has 0 saturated carbocycles. The molecule has 0 bridgehead atoms. The van der Waals surface area contributed by atoms with Crippen LogP contribution in [-0.2, 0) is 0 Å². The van der Waals surface area contributed by atoms with Crippen molar-refractivity contribution in [3.05, 3.63) is 34.2 Å². The van der Waals surface area contributed by atoms with E-state index in [4.69, 9.17) is 5.73 Å². The number of hydrogen-bond acceptors (Lipinski definition) is 3. The van der Waals surface area contributed by atoms with Gasteiger partial charge in [0, 0.05) is 17.8 Å². The first-order valence-electron chi connectivity index (χ1n) is 4.28. The highest BCUT2D eigenvalue weighted by atomic mass is 16.3. The molecule has 1 aromatic rings. The van der Waals surface area contributed by atoms with E-state index >= 15 is 0 Å². The Morgan fingerprint density at radius 2 is 2.38 bits per heavy atom. The average molecular weight is 182 g/mol. The first-order valence-corrected chi connectivity index (χ1v) is 4.28. The van der Waals surface area contributed by atoms with E-state index in [9.17, 15) is 9.90 Å². The van der Waals surface area contributed by atoms with Gasteiger partial charge in [0.25, 0.3) is 5.56 Å². The van der Waals surface area contributed by atoms with Gasteiger partial charge in [0.1, 0.15) is 0 Å². The highest BCUT2D eigenvalue weighted by Gasteiger charge is 2.17. The summed E-state index contributed by atoms with van der Waals surface area (Å²) in [4.78, 5) is 13.7. The van der Waals surface area contributed by atoms with Crippen LogP contribution in [0.2, 0.25) is 0 Å². The summed E-state index contributed by atoms with van der Waals surface area (Å²) in [5, 5.41) is 9.62. The summed E-state index contributed by atoms with van der Waals surface area (Å²) in [5.74, 6) is 0. The Morgan fingerprint density at radius 1 is 1.69 bits per heavy atom. The number of aromatic amines is 1. The van der Waals surface area contributed by atoms with Gasteiger partial charge in [-0.3, -0.25) is 4.79 Å². The molecule has 1 heterocycles. The van der Waals surface area contributed by atoms with E-state index in [0.29, 0.717) is 12.0 Å². The van der Waals surface area contributed by atoms with E-state index in [1.54, 1.807) is 12.1 Å². The monoisotopic (exact) mass is 182 g/mol. The van der Waals surface area contributed by atoms with Crippen LogP contribution >= 0.6 is 0 Å². The number of nitrogens with two attached hydrogens (primary N) is 1. The van der Waals surface area contributed by atoms with Gasteiger partial charge < -0.3 is 15.8 Å². The molecule has 0 aliphatic rings. The van der Waals surface area contributed by atoms with Crippen molar-refractivity contribution in [1.29, 1.82) is 0 Å². The third kappa shape index (κ3) is 2.17. The Morgan fingerprint density at radius 3 is 2.92 bits per heavy atom. The Hall–Kier alpha value is -1.13. The predicted octanol–water partition coefficient (Wildman–Crippen LogP) is 0.146. The van der Waals surface area contributed by atoms with Gasteiger partial charge in [0.15, 0.2) is 0 Å². The van der Waals surface area contributed by atoms with E-state index in [-0.39, 0.29) is 11.6 Å². The zero-order chi connectivity index (χ0) is 9.84. The molecule has 2 unspecified atom stereocenters. The molecule has 0 aliphatic carbocycles. The molecule has 4 nitrogen and oxygen atoms in total. The largest absolute Gasteiger partial charge is 0.387 e. The molecular formula is C9H14N2O2. The fourth-order valence-electron chi connectivity index (χ4n) is 1.12. The van der Waals surface area contributed by atoms with Crippen molar-refractivity contribution in [2.75, 3.05) is 0 Å². The number of aliphatic hydroxyl groups is 1. The fourth-order valence-corrected chi connectivity index (χ4v) is 1.12. The minimum atomic E-state index is -0.880. The van der Waals surface area contributed by atoms with Crippen LogP contribution in [-0.4, -0.2) is 16.1 Å². The van der Waals surface area contributed by atoms with Crippen LogP contribution in [0, 0.1) is 0 Å². The van der Waals surface area contributed by atoms with Crippen molar-refractivity contribution in [3.8, 4) is 0 Å². The van der Waals surface area contributed by atoms with E-state index in [0.717, 1.165) is 0 Å². The van der Waals surface area contributed by atoms with E-state index in [1.165, 1.54) is 6.20 Å². The van der Waals surface area contributed by atoms with E-state index < -0.39 is 6.10 Å². The second-order valence-electron chi connectivity index (χ2n) is 2.97. The topological polar surface area (TPSA) is 79.1 Å². The number of hydrogen-bond donors (Lipinski definition) is 3. The quantitative estimate of drug-likeness (QED) is 0.622. The summed E-state index contributed by atoms with van der Waals surface area (Å²) < 4.78 is 0. The molecule has 0 amide bonds. The van der Waals surface area contributed by atoms with Crippen molar-refractivity contribution in [2.45, 2.75) is 25.5 Å². The smallest absolute Gasteiger partial charge is 0.253 e. The normalized spacial score (nSPS) is 15.3. The highest BCUT2D eigenvalue weighted by Crippen LogP contribution is 2.12. The molecule has 0 aliphatic heterocycles. The molecule has 0 radical (unpaired) electrons. The molecule has 0 aromatic carbocycles. The maximum absolute atomic E-state index is 11.2. The van der Waals surface area contributed by atoms with Gasteiger partial charge >= 0.3 is 0 Å². The molecule has 4 heteroatoms. The molecule has 1 aromatic heterocycles. The first-order chi connectivity index (χ1) is 6.16. The fraction of sp³-hybridized carbons (Fsp3) is 0.444. The lowest BCUT2D eigenvalue weighted by atomic mass is 10.0. The summed E-state index contributed by atoms with van der Waals surface area (Å²) in [6.45, 7) is 1.87. The lowest BCUT2D eigenvalue weighted by molar-refractivity contribution is 0.143. The maximum atomic E-state index is 11.2. The molecule has 0 saturated heterocycles. The molecule has 1 rings (SSSR count). The summed E-state index contributed by atoms with van der Waals surface area (Å²) in [5.41, 5.74) is 5.67. The van der Waals surface area contributed by atoms with Gasteiger partial charge in [-0.05, 0) is 18.6 Å². The van der Waals surface area contributed by atoms with Crippen molar-refractivity contribution in [3.63, 3.8) is 0 Å². The van der Waals surface area contributed by atoms with E-state index in [1.807, 2.05) is 6.92 Å². The second-order valence-corrected chi connectivity index (χ2v) is 2.97. The number of aliphatic hydroxyl groups excluding tert-OH is 1. The minimum absolute atomic E-state index is 0.279. The van der Waals surface area contributed by atoms with Gasteiger partial charge in [0.2, 0.25) is 0 Å².